The van der Waals surface area contributed by atoms with Crippen LogP contribution in [-0.2, 0) is 19.6 Å². The molecule has 1 amide bonds. The highest BCUT2D eigenvalue weighted by Gasteiger charge is 2.21. The third kappa shape index (κ3) is 5.85. The second kappa shape index (κ2) is 10.5. The van der Waals surface area contributed by atoms with Gasteiger partial charge in [-0.1, -0.05) is 25.1 Å². The van der Waals surface area contributed by atoms with E-state index in [0.29, 0.717) is 0 Å². The zero-order chi connectivity index (χ0) is 22.1. The SMILES string of the molecule is CCNS(=O)(=O)c1cccc(C(=O)OCC(=O)N(CCC#N)c2ccccc2F)c1. The van der Waals surface area contributed by atoms with Gasteiger partial charge in [-0.2, -0.15) is 5.26 Å². The lowest BCUT2D eigenvalue weighted by molar-refractivity contribution is -0.121. The molecule has 30 heavy (non-hydrogen) atoms. The number of carbonyl (C=O) groups excluding carboxylic acids is 2. The largest absolute Gasteiger partial charge is 0.452 e. The van der Waals surface area contributed by atoms with Gasteiger partial charge in [0.25, 0.3) is 5.91 Å². The minimum absolute atomic E-state index is 0.0347. The average Bonchev–Trinajstić information content (AvgIpc) is 2.73. The number of amides is 1. The Morgan fingerprint density at radius 1 is 1.20 bits per heavy atom. The summed E-state index contributed by atoms with van der Waals surface area (Å²) in [5.74, 6) is -2.29. The molecule has 0 heterocycles. The van der Waals surface area contributed by atoms with E-state index in [0.717, 1.165) is 11.0 Å². The number of hydrogen-bond donors (Lipinski definition) is 1. The Labute approximate surface area is 173 Å². The number of hydrogen-bond acceptors (Lipinski definition) is 6. The number of benzene rings is 2. The first kappa shape index (κ1) is 23.0. The molecule has 2 rings (SSSR count). The van der Waals surface area contributed by atoms with Crippen molar-refractivity contribution in [2.24, 2.45) is 0 Å². The molecule has 2 aromatic rings. The van der Waals surface area contributed by atoms with E-state index in [2.05, 4.69) is 4.72 Å². The highest BCUT2D eigenvalue weighted by molar-refractivity contribution is 7.89. The van der Waals surface area contributed by atoms with Crippen molar-refractivity contribution in [3.05, 3.63) is 59.9 Å². The van der Waals surface area contributed by atoms with Crippen molar-refractivity contribution in [2.75, 3.05) is 24.6 Å². The molecule has 0 radical (unpaired) electrons. The fraction of sp³-hybridized carbons (Fsp3) is 0.250. The Hall–Kier alpha value is -3.29. The van der Waals surface area contributed by atoms with E-state index in [1.54, 1.807) is 6.92 Å². The summed E-state index contributed by atoms with van der Waals surface area (Å²) < 4.78 is 45.5. The third-order valence-corrected chi connectivity index (χ3v) is 5.48. The number of esters is 1. The van der Waals surface area contributed by atoms with Gasteiger partial charge in [-0.15, -0.1) is 0 Å². The van der Waals surface area contributed by atoms with Crippen molar-refractivity contribution in [1.82, 2.24) is 4.72 Å². The molecule has 158 valence electrons. The van der Waals surface area contributed by atoms with Gasteiger partial charge in [0.05, 0.1) is 28.6 Å². The van der Waals surface area contributed by atoms with Crippen molar-refractivity contribution >= 4 is 27.6 Å². The Morgan fingerprint density at radius 2 is 1.93 bits per heavy atom. The molecule has 0 aliphatic carbocycles. The summed E-state index contributed by atoms with van der Waals surface area (Å²) in [5, 5.41) is 8.79. The molecule has 0 saturated carbocycles. The maximum absolute atomic E-state index is 14.1. The van der Waals surface area contributed by atoms with Crippen LogP contribution in [0.4, 0.5) is 10.1 Å². The van der Waals surface area contributed by atoms with E-state index in [9.17, 15) is 22.4 Å². The van der Waals surface area contributed by atoms with Gasteiger partial charge in [-0.3, -0.25) is 4.79 Å². The zero-order valence-electron chi connectivity index (χ0n) is 16.2. The predicted octanol–water partition coefficient (Wildman–Crippen LogP) is 2.23. The fourth-order valence-corrected chi connectivity index (χ4v) is 3.65. The molecule has 0 aliphatic rings. The molecule has 0 aromatic heterocycles. The molecule has 0 saturated heterocycles. The lowest BCUT2D eigenvalue weighted by Gasteiger charge is -2.22. The fourth-order valence-electron chi connectivity index (χ4n) is 2.56. The Morgan fingerprint density at radius 3 is 2.60 bits per heavy atom. The second-order valence-electron chi connectivity index (χ2n) is 6.01. The van der Waals surface area contributed by atoms with Crippen LogP contribution in [0.3, 0.4) is 0 Å². The number of halogens is 1. The number of ether oxygens (including phenoxy) is 1. The van der Waals surface area contributed by atoms with Gasteiger partial charge in [0.15, 0.2) is 6.61 Å². The Balaban J connectivity index is 2.13. The number of anilines is 1. The summed E-state index contributed by atoms with van der Waals surface area (Å²) in [6, 6.07) is 12.6. The van der Waals surface area contributed by atoms with Gasteiger partial charge in [0.1, 0.15) is 5.82 Å². The lowest BCUT2D eigenvalue weighted by atomic mass is 10.2. The smallest absolute Gasteiger partial charge is 0.338 e. The van der Waals surface area contributed by atoms with Crippen molar-refractivity contribution in [3.8, 4) is 6.07 Å². The quantitative estimate of drug-likeness (QED) is 0.606. The van der Waals surface area contributed by atoms with E-state index in [-0.39, 0.29) is 35.7 Å². The standard InChI is InChI=1S/C20H20FN3O5S/c1-2-23-30(27,28)16-8-5-7-15(13-16)20(26)29-14-19(25)24(12-6-11-22)18-10-4-3-9-17(18)21/h3-5,7-10,13,23H,2,6,12,14H2,1H3. The molecular formula is C20H20FN3O5S. The normalized spacial score (nSPS) is 10.8. The maximum atomic E-state index is 14.1. The van der Waals surface area contributed by atoms with Crippen molar-refractivity contribution in [3.63, 3.8) is 0 Å². The summed E-state index contributed by atoms with van der Waals surface area (Å²) in [6.45, 7) is 1.02. The molecule has 10 heteroatoms. The van der Waals surface area contributed by atoms with Crippen LogP contribution < -0.4 is 9.62 Å². The number of nitrogens with one attached hydrogen (secondary N) is 1. The molecule has 1 N–H and O–H groups in total. The first-order valence-corrected chi connectivity index (χ1v) is 10.5. The van der Waals surface area contributed by atoms with E-state index in [4.69, 9.17) is 10.00 Å². The number of sulfonamides is 1. The van der Waals surface area contributed by atoms with Gasteiger partial charge >= 0.3 is 5.97 Å². The highest BCUT2D eigenvalue weighted by Crippen LogP contribution is 2.19. The van der Waals surface area contributed by atoms with E-state index < -0.39 is 34.3 Å². The molecule has 0 fully saturated rings. The minimum Gasteiger partial charge on any atom is -0.452 e. The monoisotopic (exact) mass is 433 g/mol. The number of nitrogens with zero attached hydrogens (tertiary/aromatic N) is 2. The Bertz CT molecular complexity index is 1070. The number of carbonyl (C=O) groups is 2. The van der Waals surface area contributed by atoms with Crippen LogP contribution in [-0.4, -0.2) is 40.0 Å². The molecule has 0 unspecified atom stereocenters. The summed E-state index contributed by atoms with van der Waals surface area (Å²) in [6.07, 6.45) is -0.0433. The van der Waals surface area contributed by atoms with Gasteiger partial charge in [0.2, 0.25) is 10.0 Å². The number of para-hydroxylation sites is 1. The predicted molar refractivity (Wildman–Crippen MR) is 107 cm³/mol. The third-order valence-electron chi connectivity index (χ3n) is 3.93. The van der Waals surface area contributed by atoms with Crippen LogP contribution in [0.5, 0.6) is 0 Å². The Kier molecular flexibility index (Phi) is 8.03. The lowest BCUT2D eigenvalue weighted by Crippen LogP contribution is -2.36. The summed E-state index contributed by atoms with van der Waals surface area (Å²) in [7, 11) is -3.77. The van der Waals surface area contributed by atoms with Gasteiger partial charge in [-0.05, 0) is 30.3 Å². The molecule has 0 atom stereocenters. The van der Waals surface area contributed by atoms with Gasteiger partial charge in [0, 0.05) is 13.1 Å². The van der Waals surface area contributed by atoms with Crippen LogP contribution in [0.1, 0.15) is 23.7 Å². The van der Waals surface area contributed by atoms with Crippen LogP contribution in [0.2, 0.25) is 0 Å². The minimum atomic E-state index is -3.77. The molecule has 0 spiro atoms. The first-order chi connectivity index (χ1) is 14.3. The van der Waals surface area contributed by atoms with Crippen LogP contribution >= 0.6 is 0 Å². The molecule has 0 aliphatic heterocycles. The van der Waals surface area contributed by atoms with E-state index in [1.165, 1.54) is 42.5 Å². The number of nitriles is 1. The summed E-state index contributed by atoms with van der Waals surface area (Å²) in [4.78, 5) is 25.7. The average molecular weight is 433 g/mol. The number of rotatable bonds is 9. The summed E-state index contributed by atoms with van der Waals surface area (Å²) in [5.41, 5.74) is -0.0937. The van der Waals surface area contributed by atoms with E-state index >= 15 is 0 Å². The zero-order valence-corrected chi connectivity index (χ0v) is 17.0. The second-order valence-corrected chi connectivity index (χ2v) is 7.78. The van der Waals surface area contributed by atoms with Crippen molar-refractivity contribution in [1.29, 1.82) is 5.26 Å². The molecular weight excluding hydrogens is 413 g/mol. The van der Waals surface area contributed by atoms with Crippen molar-refractivity contribution in [2.45, 2.75) is 18.2 Å². The van der Waals surface area contributed by atoms with Crippen LogP contribution in [0.25, 0.3) is 0 Å². The van der Waals surface area contributed by atoms with Crippen LogP contribution in [0.15, 0.2) is 53.4 Å². The molecule has 2 aromatic carbocycles. The van der Waals surface area contributed by atoms with E-state index in [1.807, 2.05) is 6.07 Å². The van der Waals surface area contributed by atoms with Gasteiger partial charge in [-0.25, -0.2) is 22.3 Å². The molecule has 0 bridgehead atoms. The topological polar surface area (TPSA) is 117 Å². The molecule has 8 nitrogen and oxygen atoms in total. The highest BCUT2D eigenvalue weighted by atomic mass is 32.2. The van der Waals surface area contributed by atoms with Crippen LogP contribution in [0, 0.1) is 17.1 Å². The summed E-state index contributed by atoms with van der Waals surface area (Å²) >= 11 is 0. The van der Waals surface area contributed by atoms with Gasteiger partial charge < -0.3 is 9.64 Å². The van der Waals surface area contributed by atoms with Crippen molar-refractivity contribution < 1.29 is 27.1 Å². The maximum Gasteiger partial charge on any atom is 0.338 e. The first-order valence-electron chi connectivity index (χ1n) is 8.99.